The van der Waals surface area contributed by atoms with Gasteiger partial charge in [0.05, 0.1) is 11.0 Å². The summed E-state index contributed by atoms with van der Waals surface area (Å²) in [5.41, 5.74) is 6.77. The second-order valence-corrected chi connectivity index (χ2v) is 9.46. The first-order valence-corrected chi connectivity index (χ1v) is 11.5. The molecule has 1 saturated carbocycles. The topological polar surface area (TPSA) is 72.6 Å². The fourth-order valence-corrected chi connectivity index (χ4v) is 5.54. The quantitative estimate of drug-likeness (QED) is 0.737. The Hall–Kier alpha value is -0.950. The second kappa shape index (κ2) is 9.31. The monoisotopic (exact) mass is 380 g/mol. The minimum absolute atomic E-state index is 0.154. The van der Waals surface area contributed by atoms with E-state index in [1.54, 1.807) is 16.4 Å². The van der Waals surface area contributed by atoms with Crippen LogP contribution in [-0.4, -0.2) is 45.1 Å². The smallest absolute Gasteiger partial charge is 0.243 e. The Kier molecular flexibility index (Phi) is 7.09. The van der Waals surface area contributed by atoms with E-state index in [1.165, 1.54) is 37.7 Å². The van der Waals surface area contributed by atoms with Crippen LogP contribution in [0.25, 0.3) is 0 Å². The van der Waals surface area contributed by atoms with E-state index in [-0.39, 0.29) is 6.10 Å². The summed E-state index contributed by atoms with van der Waals surface area (Å²) in [6.07, 6.45) is 8.86. The molecular formula is C20H32N2O3S. The molecule has 6 heteroatoms. The van der Waals surface area contributed by atoms with Crippen molar-refractivity contribution in [1.82, 2.24) is 4.31 Å². The minimum atomic E-state index is -3.40. The molecule has 0 atom stereocenters. The summed E-state index contributed by atoms with van der Waals surface area (Å²) in [5, 5.41) is 0. The third kappa shape index (κ3) is 4.85. The van der Waals surface area contributed by atoms with Gasteiger partial charge in [-0.3, -0.25) is 0 Å². The van der Waals surface area contributed by atoms with Crippen LogP contribution >= 0.6 is 0 Å². The molecule has 1 heterocycles. The van der Waals surface area contributed by atoms with Gasteiger partial charge in [0.1, 0.15) is 0 Å². The molecule has 26 heavy (non-hydrogen) atoms. The van der Waals surface area contributed by atoms with Gasteiger partial charge >= 0.3 is 0 Å². The normalized spacial score (nSPS) is 21.1. The van der Waals surface area contributed by atoms with Gasteiger partial charge in [-0.2, -0.15) is 4.31 Å². The summed E-state index contributed by atoms with van der Waals surface area (Å²) >= 11 is 0. The number of hydrogen-bond acceptors (Lipinski definition) is 4. The van der Waals surface area contributed by atoms with Crippen LogP contribution in [0, 0.1) is 0 Å². The summed E-state index contributed by atoms with van der Waals surface area (Å²) in [7, 11) is -3.40. The van der Waals surface area contributed by atoms with Crippen molar-refractivity contribution in [3.8, 4) is 0 Å². The molecule has 1 aromatic rings. The fraction of sp³-hybridized carbons (Fsp3) is 0.700. The molecule has 2 fully saturated rings. The molecule has 1 aliphatic heterocycles. The van der Waals surface area contributed by atoms with E-state index >= 15 is 0 Å². The molecule has 2 N–H and O–H groups in total. The molecule has 5 nitrogen and oxygen atoms in total. The van der Waals surface area contributed by atoms with E-state index in [4.69, 9.17) is 10.5 Å². The Bertz CT molecular complexity index is 646. The summed E-state index contributed by atoms with van der Waals surface area (Å²) in [6, 6.07) is 7.63. The Morgan fingerprint density at radius 1 is 1.00 bits per heavy atom. The standard InChI is InChI=1S/C20H32N2O3S/c21-13-4-16-25-19-11-14-22(15-12-19)26(23,24)20-9-7-18(8-10-20)17-5-2-1-3-6-17/h7-10,17,19H,1-6,11-16,21H2. The van der Waals surface area contributed by atoms with Crippen LogP contribution < -0.4 is 5.73 Å². The largest absolute Gasteiger partial charge is 0.378 e. The molecule has 0 aromatic heterocycles. The average molecular weight is 381 g/mol. The summed E-state index contributed by atoms with van der Waals surface area (Å²) in [4.78, 5) is 0.416. The van der Waals surface area contributed by atoms with Crippen molar-refractivity contribution in [1.29, 1.82) is 0 Å². The molecule has 1 saturated heterocycles. The highest BCUT2D eigenvalue weighted by Gasteiger charge is 2.29. The number of sulfonamides is 1. The van der Waals surface area contributed by atoms with Gasteiger partial charge in [-0.05, 0) is 62.3 Å². The second-order valence-electron chi connectivity index (χ2n) is 7.52. The summed E-state index contributed by atoms with van der Waals surface area (Å²) in [5.74, 6) is 0.599. The number of ether oxygens (including phenoxy) is 1. The van der Waals surface area contributed by atoms with Crippen LogP contribution in [-0.2, 0) is 14.8 Å². The molecule has 0 bridgehead atoms. The highest BCUT2D eigenvalue weighted by atomic mass is 32.2. The Labute approximate surface area is 158 Å². The van der Waals surface area contributed by atoms with Crippen LogP contribution in [0.15, 0.2) is 29.2 Å². The van der Waals surface area contributed by atoms with Gasteiger partial charge in [-0.25, -0.2) is 8.42 Å². The maximum Gasteiger partial charge on any atom is 0.243 e. The zero-order valence-corrected chi connectivity index (χ0v) is 16.4. The fourth-order valence-electron chi connectivity index (χ4n) is 4.07. The first-order chi connectivity index (χ1) is 12.6. The third-order valence-electron chi connectivity index (χ3n) is 5.70. The first-order valence-electron chi connectivity index (χ1n) is 10.0. The number of hydrogen-bond donors (Lipinski definition) is 1. The van der Waals surface area contributed by atoms with E-state index in [0.29, 0.717) is 37.1 Å². The number of nitrogens with two attached hydrogens (primary N) is 1. The molecule has 0 amide bonds. The van der Waals surface area contributed by atoms with E-state index in [9.17, 15) is 8.42 Å². The van der Waals surface area contributed by atoms with Gasteiger partial charge in [0, 0.05) is 19.7 Å². The zero-order chi connectivity index (χ0) is 18.4. The van der Waals surface area contributed by atoms with Crippen molar-refractivity contribution in [3.63, 3.8) is 0 Å². The molecule has 1 aliphatic carbocycles. The van der Waals surface area contributed by atoms with Crippen molar-refractivity contribution in [3.05, 3.63) is 29.8 Å². The predicted octanol–water partition coefficient (Wildman–Crippen LogP) is 3.25. The molecule has 146 valence electrons. The lowest BCUT2D eigenvalue weighted by molar-refractivity contribution is 0.0209. The summed E-state index contributed by atoms with van der Waals surface area (Å²) in [6.45, 7) is 2.35. The Balaban J connectivity index is 1.58. The SMILES string of the molecule is NCCCOC1CCN(S(=O)(=O)c2ccc(C3CCCCC3)cc2)CC1. The van der Waals surface area contributed by atoms with Gasteiger partial charge in [0.25, 0.3) is 0 Å². The molecule has 0 radical (unpaired) electrons. The third-order valence-corrected chi connectivity index (χ3v) is 7.61. The highest BCUT2D eigenvalue weighted by Crippen LogP contribution is 2.33. The first kappa shape index (κ1) is 19.8. The lowest BCUT2D eigenvalue weighted by Crippen LogP contribution is -2.41. The predicted molar refractivity (Wildman–Crippen MR) is 104 cm³/mol. The van der Waals surface area contributed by atoms with Gasteiger partial charge in [-0.1, -0.05) is 31.4 Å². The van der Waals surface area contributed by atoms with Crippen molar-refractivity contribution < 1.29 is 13.2 Å². The molecule has 0 spiro atoms. The van der Waals surface area contributed by atoms with Crippen molar-refractivity contribution >= 4 is 10.0 Å². The average Bonchev–Trinajstić information content (AvgIpc) is 2.69. The molecular weight excluding hydrogens is 348 g/mol. The van der Waals surface area contributed by atoms with Crippen LogP contribution in [0.1, 0.15) is 62.8 Å². The maximum absolute atomic E-state index is 12.9. The minimum Gasteiger partial charge on any atom is -0.378 e. The lowest BCUT2D eigenvalue weighted by atomic mass is 9.84. The maximum atomic E-state index is 12.9. The van der Waals surface area contributed by atoms with E-state index < -0.39 is 10.0 Å². The van der Waals surface area contributed by atoms with Gasteiger partial charge in [0.2, 0.25) is 10.0 Å². The highest BCUT2D eigenvalue weighted by molar-refractivity contribution is 7.89. The van der Waals surface area contributed by atoms with E-state index in [0.717, 1.165) is 19.3 Å². The van der Waals surface area contributed by atoms with Crippen molar-refractivity contribution in [2.45, 2.75) is 68.3 Å². The van der Waals surface area contributed by atoms with Crippen molar-refractivity contribution in [2.24, 2.45) is 5.73 Å². The molecule has 2 aliphatic rings. The lowest BCUT2D eigenvalue weighted by Gasteiger charge is -2.31. The Morgan fingerprint density at radius 2 is 1.65 bits per heavy atom. The van der Waals surface area contributed by atoms with Crippen LogP contribution in [0.3, 0.4) is 0 Å². The number of rotatable bonds is 7. The Morgan fingerprint density at radius 3 is 2.27 bits per heavy atom. The van der Waals surface area contributed by atoms with Crippen LogP contribution in [0.4, 0.5) is 0 Å². The number of piperidine rings is 1. The van der Waals surface area contributed by atoms with Crippen LogP contribution in [0.5, 0.6) is 0 Å². The van der Waals surface area contributed by atoms with Crippen LogP contribution in [0.2, 0.25) is 0 Å². The molecule has 1 aromatic carbocycles. The molecule has 0 unspecified atom stereocenters. The van der Waals surface area contributed by atoms with Gasteiger partial charge in [0.15, 0.2) is 0 Å². The summed E-state index contributed by atoms with van der Waals surface area (Å²) < 4.78 is 33.2. The van der Waals surface area contributed by atoms with Crippen molar-refractivity contribution in [2.75, 3.05) is 26.2 Å². The molecule has 3 rings (SSSR count). The number of nitrogens with zero attached hydrogens (tertiary/aromatic N) is 1. The van der Waals surface area contributed by atoms with Gasteiger partial charge < -0.3 is 10.5 Å². The zero-order valence-electron chi connectivity index (χ0n) is 15.6. The van der Waals surface area contributed by atoms with E-state index in [2.05, 4.69) is 0 Å². The number of benzene rings is 1. The van der Waals surface area contributed by atoms with E-state index in [1.807, 2.05) is 12.1 Å². The van der Waals surface area contributed by atoms with Gasteiger partial charge in [-0.15, -0.1) is 0 Å².